The molecular weight excluding hydrogens is 226 g/mol. The molecule has 0 spiro atoms. The molecule has 1 saturated carbocycles. The van der Waals surface area contributed by atoms with Gasteiger partial charge in [-0.15, -0.1) is 0 Å². The highest BCUT2D eigenvalue weighted by atomic mass is 16.2. The van der Waals surface area contributed by atoms with E-state index in [0.29, 0.717) is 13.1 Å². The summed E-state index contributed by atoms with van der Waals surface area (Å²) < 4.78 is 0. The summed E-state index contributed by atoms with van der Waals surface area (Å²) in [6, 6.07) is 0. The van der Waals surface area contributed by atoms with Crippen LogP contribution in [0.2, 0.25) is 0 Å². The van der Waals surface area contributed by atoms with Gasteiger partial charge >= 0.3 is 0 Å². The van der Waals surface area contributed by atoms with Crippen molar-refractivity contribution in [1.29, 1.82) is 0 Å². The first-order valence-electron chi connectivity index (χ1n) is 7.40. The number of nitrogens with two attached hydrogens (primary N) is 1. The monoisotopic (exact) mass is 255 g/mol. The average Bonchev–Trinajstić information content (AvgIpc) is 2.86. The van der Waals surface area contributed by atoms with Gasteiger partial charge in [0.15, 0.2) is 0 Å². The lowest BCUT2D eigenvalue weighted by Crippen LogP contribution is -2.55. The standard InChI is InChI=1S/C14H29N3O/c1-3-5-10-16-13(18)11-17(4-2)14(12-15)8-6-7-9-14/h3-12,15H2,1-2H3,(H,16,18). The Kier molecular flexibility index (Phi) is 6.65. The Hall–Kier alpha value is -0.610. The molecule has 106 valence electrons. The normalized spacial score (nSPS) is 18.2. The molecule has 1 aliphatic rings. The number of likely N-dealkylation sites (N-methyl/N-ethyl adjacent to an activating group) is 1. The molecule has 3 N–H and O–H groups in total. The van der Waals surface area contributed by atoms with Crippen molar-refractivity contribution < 1.29 is 4.79 Å². The lowest BCUT2D eigenvalue weighted by molar-refractivity contribution is -0.123. The van der Waals surface area contributed by atoms with Crippen LogP contribution in [0.1, 0.15) is 52.4 Å². The number of carbonyl (C=O) groups excluding carboxylic acids is 1. The van der Waals surface area contributed by atoms with Crippen molar-refractivity contribution in [2.75, 3.05) is 26.2 Å². The molecule has 0 heterocycles. The zero-order valence-electron chi connectivity index (χ0n) is 12.0. The van der Waals surface area contributed by atoms with Crippen molar-refractivity contribution in [1.82, 2.24) is 10.2 Å². The quantitative estimate of drug-likeness (QED) is 0.646. The largest absolute Gasteiger partial charge is 0.355 e. The molecule has 1 rings (SSSR count). The van der Waals surface area contributed by atoms with E-state index in [1.54, 1.807) is 0 Å². The van der Waals surface area contributed by atoms with Gasteiger partial charge in [0.2, 0.25) is 5.91 Å². The van der Waals surface area contributed by atoms with Gasteiger partial charge in [0.1, 0.15) is 0 Å². The molecule has 0 atom stereocenters. The fraction of sp³-hybridized carbons (Fsp3) is 0.929. The van der Waals surface area contributed by atoms with Gasteiger partial charge in [-0.3, -0.25) is 9.69 Å². The van der Waals surface area contributed by atoms with Crippen LogP contribution >= 0.6 is 0 Å². The lowest BCUT2D eigenvalue weighted by Gasteiger charge is -2.39. The summed E-state index contributed by atoms with van der Waals surface area (Å²) in [5, 5.41) is 2.99. The molecule has 0 radical (unpaired) electrons. The van der Waals surface area contributed by atoms with Crippen LogP contribution in [0, 0.1) is 0 Å². The van der Waals surface area contributed by atoms with Gasteiger partial charge in [0.05, 0.1) is 6.54 Å². The number of unbranched alkanes of at least 4 members (excludes halogenated alkanes) is 1. The fourth-order valence-electron chi connectivity index (χ4n) is 2.93. The topological polar surface area (TPSA) is 58.4 Å². The van der Waals surface area contributed by atoms with Crippen molar-refractivity contribution in [3.63, 3.8) is 0 Å². The summed E-state index contributed by atoms with van der Waals surface area (Å²) in [6.45, 7) is 7.11. The number of hydrogen-bond donors (Lipinski definition) is 2. The van der Waals surface area contributed by atoms with Crippen molar-refractivity contribution in [3.05, 3.63) is 0 Å². The van der Waals surface area contributed by atoms with Crippen molar-refractivity contribution in [2.45, 2.75) is 57.9 Å². The predicted octanol–water partition coefficient (Wildman–Crippen LogP) is 1.50. The molecule has 1 amide bonds. The van der Waals surface area contributed by atoms with Gasteiger partial charge < -0.3 is 11.1 Å². The second kappa shape index (κ2) is 7.74. The number of nitrogens with one attached hydrogen (secondary N) is 1. The van der Waals surface area contributed by atoms with Gasteiger partial charge in [-0.05, 0) is 25.8 Å². The SMILES string of the molecule is CCCCNC(=O)CN(CC)C1(CN)CCCC1. The van der Waals surface area contributed by atoms with Gasteiger partial charge in [0.25, 0.3) is 0 Å². The smallest absolute Gasteiger partial charge is 0.234 e. The van der Waals surface area contributed by atoms with Gasteiger partial charge in [-0.1, -0.05) is 33.1 Å². The Labute approximate surface area is 111 Å². The first kappa shape index (κ1) is 15.4. The molecule has 18 heavy (non-hydrogen) atoms. The number of amides is 1. The van der Waals surface area contributed by atoms with E-state index in [1.165, 1.54) is 12.8 Å². The molecule has 1 fully saturated rings. The Bertz CT molecular complexity index is 249. The molecule has 0 aromatic heterocycles. The second-order valence-corrected chi connectivity index (χ2v) is 5.35. The average molecular weight is 255 g/mol. The summed E-state index contributed by atoms with van der Waals surface area (Å²) in [7, 11) is 0. The van der Waals surface area contributed by atoms with Crippen LogP contribution in [-0.2, 0) is 4.79 Å². The highest BCUT2D eigenvalue weighted by molar-refractivity contribution is 5.78. The molecule has 0 unspecified atom stereocenters. The molecule has 0 aliphatic heterocycles. The third-order valence-corrected chi connectivity index (χ3v) is 4.15. The summed E-state index contributed by atoms with van der Waals surface area (Å²) in [6.07, 6.45) is 6.93. The third kappa shape index (κ3) is 3.95. The van der Waals surface area contributed by atoms with E-state index >= 15 is 0 Å². The molecule has 0 saturated heterocycles. The Morgan fingerprint density at radius 1 is 1.33 bits per heavy atom. The van der Waals surface area contributed by atoms with Crippen LogP contribution < -0.4 is 11.1 Å². The maximum atomic E-state index is 11.9. The zero-order chi connectivity index (χ0) is 13.4. The van der Waals surface area contributed by atoms with E-state index in [0.717, 1.165) is 38.8 Å². The first-order chi connectivity index (χ1) is 8.68. The maximum absolute atomic E-state index is 11.9. The van der Waals surface area contributed by atoms with Crippen LogP contribution in [-0.4, -0.2) is 42.5 Å². The molecule has 0 aromatic rings. The maximum Gasteiger partial charge on any atom is 0.234 e. The van der Waals surface area contributed by atoms with Crippen LogP contribution in [0.5, 0.6) is 0 Å². The van der Waals surface area contributed by atoms with Crippen LogP contribution in [0.3, 0.4) is 0 Å². The van der Waals surface area contributed by atoms with E-state index in [9.17, 15) is 4.79 Å². The van der Waals surface area contributed by atoms with Crippen molar-refractivity contribution >= 4 is 5.91 Å². The molecule has 0 aromatic carbocycles. The van der Waals surface area contributed by atoms with E-state index in [-0.39, 0.29) is 11.4 Å². The minimum absolute atomic E-state index is 0.0802. The van der Waals surface area contributed by atoms with E-state index in [4.69, 9.17) is 5.73 Å². The molecule has 4 heteroatoms. The molecule has 0 bridgehead atoms. The summed E-state index contributed by atoms with van der Waals surface area (Å²) in [5.74, 6) is 0.144. The van der Waals surface area contributed by atoms with Crippen LogP contribution in [0.4, 0.5) is 0 Å². The van der Waals surface area contributed by atoms with Crippen molar-refractivity contribution in [3.8, 4) is 0 Å². The Morgan fingerprint density at radius 3 is 2.50 bits per heavy atom. The number of nitrogens with zero attached hydrogens (tertiary/aromatic N) is 1. The van der Waals surface area contributed by atoms with Crippen LogP contribution in [0.15, 0.2) is 0 Å². The fourth-order valence-corrected chi connectivity index (χ4v) is 2.93. The molecular formula is C14H29N3O. The second-order valence-electron chi connectivity index (χ2n) is 5.35. The van der Waals surface area contributed by atoms with Gasteiger partial charge in [-0.2, -0.15) is 0 Å². The molecule has 4 nitrogen and oxygen atoms in total. The highest BCUT2D eigenvalue weighted by Crippen LogP contribution is 2.34. The van der Waals surface area contributed by atoms with E-state index < -0.39 is 0 Å². The minimum Gasteiger partial charge on any atom is -0.355 e. The van der Waals surface area contributed by atoms with Crippen molar-refractivity contribution in [2.24, 2.45) is 5.73 Å². The number of rotatable bonds is 8. The summed E-state index contributed by atoms with van der Waals surface area (Å²) in [4.78, 5) is 14.2. The molecule has 1 aliphatic carbocycles. The summed E-state index contributed by atoms with van der Waals surface area (Å²) >= 11 is 0. The Balaban J connectivity index is 2.47. The highest BCUT2D eigenvalue weighted by Gasteiger charge is 2.38. The summed E-state index contributed by atoms with van der Waals surface area (Å²) in [5.41, 5.74) is 6.05. The van der Waals surface area contributed by atoms with E-state index in [2.05, 4.69) is 24.1 Å². The van der Waals surface area contributed by atoms with Gasteiger partial charge in [0, 0.05) is 18.6 Å². The first-order valence-corrected chi connectivity index (χ1v) is 7.40. The Morgan fingerprint density at radius 2 is 2.00 bits per heavy atom. The third-order valence-electron chi connectivity index (χ3n) is 4.15. The number of hydrogen-bond acceptors (Lipinski definition) is 3. The minimum atomic E-state index is 0.0802. The lowest BCUT2D eigenvalue weighted by atomic mass is 9.95. The zero-order valence-corrected chi connectivity index (χ0v) is 12.0. The van der Waals surface area contributed by atoms with Gasteiger partial charge in [-0.25, -0.2) is 0 Å². The number of carbonyl (C=O) groups is 1. The van der Waals surface area contributed by atoms with E-state index in [1.807, 2.05) is 0 Å². The van der Waals surface area contributed by atoms with Crippen LogP contribution in [0.25, 0.3) is 0 Å². The predicted molar refractivity (Wildman–Crippen MR) is 75.4 cm³/mol.